The molecule has 0 aliphatic carbocycles. The minimum absolute atomic E-state index is 0.350. The van der Waals surface area contributed by atoms with Gasteiger partial charge >= 0.3 is 0 Å². The lowest BCUT2D eigenvalue weighted by atomic mass is 9.88. The fraction of sp³-hybridized carbons (Fsp3) is 1.00. The lowest BCUT2D eigenvalue weighted by Gasteiger charge is -2.18. The average Bonchev–Trinajstić information content (AvgIpc) is 2.32. The van der Waals surface area contributed by atoms with Crippen molar-refractivity contribution in [1.82, 2.24) is 0 Å². The Morgan fingerprint density at radius 2 is 1.18 bits per heavy atom. The van der Waals surface area contributed by atoms with Gasteiger partial charge in [0.1, 0.15) is 0 Å². The second kappa shape index (κ2) is 12.4. The third-order valence-electron chi connectivity index (χ3n) is 4.07. The highest BCUT2D eigenvalue weighted by molar-refractivity contribution is 4.62. The smallest absolute Gasteiger partial charge is 0.0433 e. The Balaban J connectivity index is 3.21. The van der Waals surface area contributed by atoms with E-state index >= 15 is 0 Å². The molecule has 0 fully saturated rings. The summed E-state index contributed by atoms with van der Waals surface area (Å²) in [5, 5.41) is 8.90. The van der Waals surface area contributed by atoms with Crippen LogP contribution in [0.25, 0.3) is 0 Å². The van der Waals surface area contributed by atoms with Gasteiger partial charge in [-0.3, -0.25) is 0 Å². The molecule has 1 N–H and O–H groups in total. The van der Waals surface area contributed by atoms with Crippen molar-refractivity contribution in [3.8, 4) is 0 Å². The minimum Gasteiger partial charge on any atom is -0.396 e. The maximum atomic E-state index is 8.90. The second-order valence-electron chi connectivity index (χ2n) is 5.73. The number of rotatable bonds is 12. The number of unbranched alkanes of at least 4 members (excludes halogenated alkanes) is 7. The molecule has 0 spiro atoms. The first-order valence-electron chi connectivity index (χ1n) is 7.83. The predicted molar refractivity (Wildman–Crippen MR) is 77.3 cm³/mol. The van der Waals surface area contributed by atoms with Crippen LogP contribution in [0.15, 0.2) is 0 Å². The van der Waals surface area contributed by atoms with E-state index in [4.69, 9.17) is 5.11 Å². The van der Waals surface area contributed by atoms with Crippen molar-refractivity contribution < 1.29 is 5.11 Å². The Hall–Kier alpha value is -0.0400. The molecule has 2 unspecified atom stereocenters. The first-order chi connectivity index (χ1) is 8.22. The van der Waals surface area contributed by atoms with E-state index in [0.717, 1.165) is 12.3 Å². The summed E-state index contributed by atoms with van der Waals surface area (Å²) in [6.45, 7) is 7.23. The summed E-state index contributed by atoms with van der Waals surface area (Å²) in [5.41, 5.74) is 0. The molecule has 0 saturated carbocycles. The molecule has 0 aliphatic heterocycles. The second-order valence-corrected chi connectivity index (χ2v) is 5.73. The summed E-state index contributed by atoms with van der Waals surface area (Å²) in [6, 6.07) is 0. The highest BCUT2D eigenvalue weighted by Gasteiger charge is 2.10. The van der Waals surface area contributed by atoms with E-state index in [1.807, 2.05) is 0 Å². The Labute approximate surface area is 109 Å². The van der Waals surface area contributed by atoms with E-state index in [1.54, 1.807) is 0 Å². The van der Waals surface area contributed by atoms with Crippen LogP contribution in [0, 0.1) is 11.8 Å². The van der Waals surface area contributed by atoms with E-state index in [-0.39, 0.29) is 0 Å². The minimum atomic E-state index is 0.350. The fourth-order valence-electron chi connectivity index (χ4n) is 2.37. The first kappa shape index (κ1) is 17.0. The zero-order valence-corrected chi connectivity index (χ0v) is 12.4. The van der Waals surface area contributed by atoms with Gasteiger partial charge in [-0.2, -0.15) is 0 Å². The van der Waals surface area contributed by atoms with Crippen LogP contribution in [0.5, 0.6) is 0 Å². The molecule has 1 heteroatoms. The molecule has 0 aliphatic rings. The van der Waals surface area contributed by atoms with E-state index in [1.165, 1.54) is 57.8 Å². The quantitative estimate of drug-likeness (QED) is 0.468. The molecule has 0 amide bonds. The molecule has 0 saturated heterocycles. The molecule has 1 nitrogen and oxygen atoms in total. The molecule has 17 heavy (non-hydrogen) atoms. The van der Waals surface area contributed by atoms with Crippen LogP contribution in [-0.4, -0.2) is 11.7 Å². The van der Waals surface area contributed by atoms with E-state index in [2.05, 4.69) is 20.8 Å². The van der Waals surface area contributed by atoms with Crippen molar-refractivity contribution in [2.45, 2.75) is 85.0 Å². The highest BCUT2D eigenvalue weighted by atomic mass is 16.3. The topological polar surface area (TPSA) is 20.2 Å². The standard InChI is InChI=1S/C16H34O/c1-4-5-6-7-8-9-10-11-12-15(2)16(3)13-14-17/h15-17H,4-14H2,1-3H3. The van der Waals surface area contributed by atoms with Crippen LogP contribution in [0.3, 0.4) is 0 Å². The lowest BCUT2D eigenvalue weighted by Crippen LogP contribution is -2.09. The molecule has 0 radical (unpaired) electrons. The van der Waals surface area contributed by atoms with Crippen LogP contribution >= 0.6 is 0 Å². The van der Waals surface area contributed by atoms with Crippen LogP contribution in [-0.2, 0) is 0 Å². The summed E-state index contributed by atoms with van der Waals surface area (Å²) in [5.74, 6) is 1.46. The van der Waals surface area contributed by atoms with Crippen LogP contribution in [0.1, 0.15) is 85.0 Å². The van der Waals surface area contributed by atoms with Gasteiger partial charge in [0, 0.05) is 6.61 Å². The Morgan fingerprint density at radius 3 is 1.71 bits per heavy atom. The molecule has 0 rings (SSSR count). The molecule has 0 heterocycles. The Morgan fingerprint density at radius 1 is 0.706 bits per heavy atom. The normalized spacial score (nSPS) is 14.8. The summed E-state index contributed by atoms with van der Waals surface area (Å²) in [6.07, 6.45) is 13.6. The van der Waals surface area contributed by atoms with Gasteiger partial charge in [0.05, 0.1) is 0 Å². The zero-order chi connectivity index (χ0) is 12.9. The molecule has 0 aromatic heterocycles. The molecule has 0 aromatic carbocycles. The summed E-state index contributed by atoms with van der Waals surface area (Å²) < 4.78 is 0. The monoisotopic (exact) mass is 242 g/mol. The molecule has 104 valence electrons. The zero-order valence-electron chi connectivity index (χ0n) is 12.4. The van der Waals surface area contributed by atoms with Gasteiger partial charge < -0.3 is 5.11 Å². The van der Waals surface area contributed by atoms with Gasteiger partial charge in [-0.1, -0.05) is 78.6 Å². The number of hydrogen-bond acceptors (Lipinski definition) is 1. The molecule has 0 aromatic rings. The number of aliphatic hydroxyl groups is 1. The predicted octanol–water partition coefficient (Wildman–Crippen LogP) is 5.17. The Kier molecular flexibility index (Phi) is 12.4. The van der Waals surface area contributed by atoms with Gasteiger partial charge in [-0.05, 0) is 18.3 Å². The molecule has 2 atom stereocenters. The summed E-state index contributed by atoms with van der Waals surface area (Å²) >= 11 is 0. The van der Waals surface area contributed by atoms with Crippen molar-refractivity contribution in [2.75, 3.05) is 6.61 Å². The SMILES string of the molecule is CCCCCCCCCCC(C)C(C)CCO. The number of hydrogen-bond donors (Lipinski definition) is 1. The van der Waals surface area contributed by atoms with Gasteiger partial charge in [0.25, 0.3) is 0 Å². The molecule has 0 bridgehead atoms. The maximum absolute atomic E-state index is 8.90. The largest absolute Gasteiger partial charge is 0.396 e. The highest BCUT2D eigenvalue weighted by Crippen LogP contribution is 2.21. The lowest BCUT2D eigenvalue weighted by molar-refractivity contribution is 0.228. The van der Waals surface area contributed by atoms with Gasteiger partial charge in [0.15, 0.2) is 0 Å². The van der Waals surface area contributed by atoms with E-state index in [0.29, 0.717) is 12.5 Å². The van der Waals surface area contributed by atoms with E-state index in [9.17, 15) is 0 Å². The average molecular weight is 242 g/mol. The van der Waals surface area contributed by atoms with Crippen molar-refractivity contribution >= 4 is 0 Å². The van der Waals surface area contributed by atoms with Crippen molar-refractivity contribution in [1.29, 1.82) is 0 Å². The van der Waals surface area contributed by atoms with Crippen molar-refractivity contribution in [2.24, 2.45) is 11.8 Å². The fourth-order valence-corrected chi connectivity index (χ4v) is 2.37. The first-order valence-corrected chi connectivity index (χ1v) is 7.83. The number of aliphatic hydroxyl groups excluding tert-OH is 1. The van der Waals surface area contributed by atoms with Crippen molar-refractivity contribution in [3.63, 3.8) is 0 Å². The molecular weight excluding hydrogens is 208 g/mol. The van der Waals surface area contributed by atoms with Gasteiger partial charge in [0.2, 0.25) is 0 Å². The van der Waals surface area contributed by atoms with Crippen LogP contribution < -0.4 is 0 Å². The summed E-state index contributed by atoms with van der Waals surface area (Å²) in [7, 11) is 0. The van der Waals surface area contributed by atoms with E-state index < -0.39 is 0 Å². The van der Waals surface area contributed by atoms with Crippen LogP contribution in [0.4, 0.5) is 0 Å². The maximum Gasteiger partial charge on any atom is 0.0433 e. The van der Waals surface area contributed by atoms with Crippen LogP contribution in [0.2, 0.25) is 0 Å². The van der Waals surface area contributed by atoms with Crippen molar-refractivity contribution in [3.05, 3.63) is 0 Å². The Bertz CT molecular complexity index is 144. The third kappa shape index (κ3) is 10.8. The summed E-state index contributed by atoms with van der Waals surface area (Å²) in [4.78, 5) is 0. The van der Waals surface area contributed by atoms with Gasteiger partial charge in [-0.25, -0.2) is 0 Å². The molecular formula is C16H34O. The third-order valence-corrected chi connectivity index (χ3v) is 4.07. The van der Waals surface area contributed by atoms with Gasteiger partial charge in [-0.15, -0.1) is 0 Å².